The molecule has 1 unspecified atom stereocenters. The Balaban J connectivity index is 3.19. The average molecular weight is 265 g/mol. The van der Waals surface area contributed by atoms with Crippen LogP contribution in [0.4, 0.5) is 0 Å². The van der Waals surface area contributed by atoms with Crippen LogP contribution in [0.1, 0.15) is 43.9 Å². The van der Waals surface area contributed by atoms with Crippen molar-refractivity contribution >= 4 is 5.91 Å². The maximum atomic E-state index is 11.4. The van der Waals surface area contributed by atoms with Crippen molar-refractivity contribution in [2.24, 2.45) is 0 Å². The topological polar surface area (TPSA) is 49.8 Å². The predicted octanol–water partition coefficient (Wildman–Crippen LogP) is 2.33. The van der Waals surface area contributed by atoms with Crippen LogP contribution in [0.3, 0.4) is 0 Å². The van der Waals surface area contributed by atoms with Crippen molar-refractivity contribution in [2.75, 3.05) is 20.8 Å². The molecule has 1 aromatic carbocycles. The molecule has 0 saturated carbocycles. The number of benzene rings is 1. The smallest absolute Gasteiger partial charge is 0.219 e. The van der Waals surface area contributed by atoms with Gasteiger partial charge in [-0.05, 0) is 29.2 Å². The summed E-state index contributed by atoms with van der Waals surface area (Å²) in [6.07, 6.45) is 0. The third kappa shape index (κ3) is 3.47. The Morgan fingerprint density at radius 3 is 2.47 bits per heavy atom. The molecule has 4 heteroatoms. The van der Waals surface area contributed by atoms with E-state index in [2.05, 4.69) is 13.8 Å². The van der Waals surface area contributed by atoms with Gasteiger partial charge in [0.15, 0.2) is 0 Å². The van der Waals surface area contributed by atoms with Crippen LogP contribution >= 0.6 is 0 Å². The van der Waals surface area contributed by atoms with Crippen molar-refractivity contribution in [2.45, 2.75) is 32.7 Å². The summed E-state index contributed by atoms with van der Waals surface area (Å²) in [6, 6.07) is 5.47. The fourth-order valence-corrected chi connectivity index (χ4v) is 2.08. The molecular weight excluding hydrogens is 242 g/mol. The number of hydrogen-bond donors (Lipinski definition) is 1. The lowest BCUT2D eigenvalue weighted by molar-refractivity contribution is -0.130. The lowest BCUT2D eigenvalue weighted by Crippen LogP contribution is -2.31. The van der Waals surface area contributed by atoms with Gasteiger partial charge in [0.25, 0.3) is 0 Å². The number of aliphatic hydroxyl groups is 1. The van der Waals surface area contributed by atoms with Crippen LogP contribution in [-0.4, -0.2) is 36.7 Å². The van der Waals surface area contributed by atoms with Crippen LogP contribution in [0.25, 0.3) is 0 Å². The highest BCUT2D eigenvalue weighted by molar-refractivity contribution is 5.73. The van der Waals surface area contributed by atoms with Gasteiger partial charge >= 0.3 is 0 Å². The lowest BCUT2D eigenvalue weighted by Gasteiger charge is -2.27. The molecule has 0 aliphatic rings. The summed E-state index contributed by atoms with van der Waals surface area (Å²) in [7, 11) is 3.34. The van der Waals surface area contributed by atoms with Gasteiger partial charge in [-0.1, -0.05) is 19.9 Å². The van der Waals surface area contributed by atoms with Crippen molar-refractivity contribution in [3.8, 4) is 5.75 Å². The first-order chi connectivity index (χ1) is 8.92. The fraction of sp³-hybridized carbons (Fsp3) is 0.533. The van der Waals surface area contributed by atoms with Crippen LogP contribution < -0.4 is 4.74 Å². The van der Waals surface area contributed by atoms with E-state index < -0.39 is 0 Å². The molecule has 0 fully saturated rings. The third-order valence-electron chi connectivity index (χ3n) is 3.40. The predicted molar refractivity (Wildman–Crippen MR) is 75.4 cm³/mol. The zero-order valence-electron chi connectivity index (χ0n) is 12.3. The van der Waals surface area contributed by atoms with Gasteiger partial charge < -0.3 is 14.7 Å². The first-order valence-corrected chi connectivity index (χ1v) is 6.44. The number of methoxy groups -OCH3 is 1. The summed E-state index contributed by atoms with van der Waals surface area (Å²) < 4.78 is 5.34. The molecule has 1 N–H and O–H groups in total. The normalized spacial score (nSPS) is 12.4. The Morgan fingerprint density at radius 2 is 2.05 bits per heavy atom. The number of amides is 1. The highest BCUT2D eigenvalue weighted by Crippen LogP contribution is 2.30. The van der Waals surface area contributed by atoms with Crippen LogP contribution in [0.5, 0.6) is 5.75 Å². The second-order valence-electron chi connectivity index (χ2n) is 4.98. The van der Waals surface area contributed by atoms with E-state index in [1.165, 1.54) is 6.92 Å². The van der Waals surface area contributed by atoms with E-state index >= 15 is 0 Å². The summed E-state index contributed by atoms with van der Waals surface area (Å²) in [5.41, 5.74) is 2.00. The van der Waals surface area contributed by atoms with E-state index in [0.717, 1.165) is 16.9 Å². The summed E-state index contributed by atoms with van der Waals surface area (Å²) in [5, 5.41) is 9.53. The fourth-order valence-electron chi connectivity index (χ4n) is 2.08. The number of carbonyl (C=O) groups excluding carboxylic acids is 1. The molecule has 1 atom stereocenters. The third-order valence-corrected chi connectivity index (χ3v) is 3.40. The summed E-state index contributed by atoms with van der Waals surface area (Å²) in [4.78, 5) is 13.0. The molecule has 0 spiro atoms. The van der Waals surface area contributed by atoms with Crippen molar-refractivity contribution in [3.05, 3.63) is 29.3 Å². The van der Waals surface area contributed by atoms with Crippen LogP contribution in [0, 0.1) is 0 Å². The van der Waals surface area contributed by atoms with E-state index in [9.17, 15) is 9.90 Å². The highest BCUT2D eigenvalue weighted by Gasteiger charge is 2.20. The van der Waals surface area contributed by atoms with E-state index in [0.29, 0.717) is 5.92 Å². The van der Waals surface area contributed by atoms with E-state index in [1.807, 2.05) is 18.2 Å². The number of likely N-dealkylation sites (N-methyl/N-ethyl adjacent to an activating group) is 1. The number of hydrogen-bond acceptors (Lipinski definition) is 3. The molecule has 106 valence electrons. The average Bonchev–Trinajstić information content (AvgIpc) is 2.39. The molecule has 1 aromatic rings. The second-order valence-corrected chi connectivity index (χ2v) is 4.98. The van der Waals surface area contributed by atoms with Crippen molar-refractivity contribution in [1.82, 2.24) is 4.90 Å². The Kier molecular flexibility index (Phi) is 5.36. The molecule has 1 rings (SSSR count). The first-order valence-electron chi connectivity index (χ1n) is 6.44. The van der Waals surface area contributed by atoms with Crippen LogP contribution in [0.15, 0.2) is 18.2 Å². The van der Waals surface area contributed by atoms with Gasteiger partial charge in [-0.3, -0.25) is 4.79 Å². The van der Waals surface area contributed by atoms with E-state index in [1.54, 1.807) is 19.1 Å². The maximum Gasteiger partial charge on any atom is 0.219 e. The van der Waals surface area contributed by atoms with Gasteiger partial charge in [0.05, 0.1) is 19.8 Å². The van der Waals surface area contributed by atoms with Gasteiger partial charge in [0.2, 0.25) is 5.91 Å². The van der Waals surface area contributed by atoms with Crippen molar-refractivity contribution in [3.63, 3.8) is 0 Å². The molecule has 4 nitrogen and oxygen atoms in total. The summed E-state index contributed by atoms with van der Waals surface area (Å²) >= 11 is 0. The quantitative estimate of drug-likeness (QED) is 0.889. The minimum atomic E-state index is -0.319. The SMILES string of the molecule is COc1ccc(C(CO)N(C)C(C)=O)cc1C(C)C. The van der Waals surface area contributed by atoms with E-state index in [4.69, 9.17) is 4.74 Å². The Labute approximate surface area is 115 Å². The molecule has 0 heterocycles. The maximum absolute atomic E-state index is 11.4. The van der Waals surface area contributed by atoms with Gasteiger partial charge in [-0.2, -0.15) is 0 Å². The van der Waals surface area contributed by atoms with Gasteiger partial charge in [0, 0.05) is 14.0 Å². The monoisotopic (exact) mass is 265 g/mol. The minimum absolute atomic E-state index is 0.0686. The summed E-state index contributed by atoms with van der Waals surface area (Å²) in [6.45, 7) is 5.57. The standard InChI is InChI=1S/C15H23NO3/c1-10(2)13-8-12(6-7-15(13)19-5)14(9-17)16(4)11(3)18/h6-8,10,14,17H,9H2,1-5H3. The molecule has 0 bridgehead atoms. The van der Waals surface area contributed by atoms with E-state index in [-0.39, 0.29) is 18.6 Å². The largest absolute Gasteiger partial charge is 0.496 e. The lowest BCUT2D eigenvalue weighted by atomic mass is 9.96. The Bertz CT molecular complexity index is 443. The van der Waals surface area contributed by atoms with Crippen molar-refractivity contribution < 1.29 is 14.6 Å². The van der Waals surface area contributed by atoms with Gasteiger partial charge in [0.1, 0.15) is 5.75 Å². The molecule has 1 amide bonds. The molecule has 19 heavy (non-hydrogen) atoms. The Morgan fingerprint density at radius 1 is 1.42 bits per heavy atom. The number of nitrogens with zero attached hydrogens (tertiary/aromatic N) is 1. The molecule has 0 aliphatic carbocycles. The number of carbonyl (C=O) groups is 1. The van der Waals surface area contributed by atoms with Crippen molar-refractivity contribution in [1.29, 1.82) is 0 Å². The molecule has 0 aromatic heterocycles. The number of aliphatic hydroxyl groups excluding tert-OH is 1. The Hall–Kier alpha value is -1.55. The molecule has 0 saturated heterocycles. The minimum Gasteiger partial charge on any atom is -0.496 e. The van der Waals surface area contributed by atoms with Gasteiger partial charge in [-0.15, -0.1) is 0 Å². The van der Waals surface area contributed by atoms with Crippen LogP contribution in [-0.2, 0) is 4.79 Å². The molecular formula is C15H23NO3. The van der Waals surface area contributed by atoms with Crippen LogP contribution in [0.2, 0.25) is 0 Å². The zero-order valence-corrected chi connectivity index (χ0v) is 12.3. The number of ether oxygens (including phenoxy) is 1. The zero-order chi connectivity index (χ0) is 14.6. The first kappa shape index (κ1) is 15.5. The molecule has 0 aliphatic heterocycles. The second kappa shape index (κ2) is 6.57. The van der Waals surface area contributed by atoms with Gasteiger partial charge in [-0.25, -0.2) is 0 Å². The summed E-state index contributed by atoms with van der Waals surface area (Å²) in [5.74, 6) is 1.08. The molecule has 0 radical (unpaired) electrons. The number of rotatable bonds is 5. The highest BCUT2D eigenvalue weighted by atomic mass is 16.5.